The van der Waals surface area contributed by atoms with Crippen LogP contribution in [0.25, 0.3) is 0 Å². The third-order valence-electron chi connectivity index (χ3n) is 2.71. The molecule has 0 radical (unpaired) electrons. The summed E-state index contributed by atoms with van der Waals surface area (Å²) in [4.78, 5) is 11.5. The normalized spacial score (nSPS) is 11.8. The maximum atomic E-state index is 11.5. The average Bonchev–Trinajstić information content (AvgIpc) is 2.91. The van der Waals surface area contributed by atoms with E-state index in [9.17, 15) is 13.2 Å². The molecule has 0 unspecified atom stereocenters. The topological polar surface area (TPSA) is 100 Å². The zero-order valence-corrected chi connectivity index (χ0v) is 13.4. The molecule has 1 amide bonds. The van der Waals surface area contributed by atoms with Crippen molar-refractivity contribution >= 4 is 15.9 Å². The molecular weight excluding hydrogens is 294 g/mol. The molecule has 0 fully saturated rings. The van der Waals surface area contributed by atoms with Crippen molar-refractivity contribution in [3.63, 3.8) is 0 Å². The Kier molecular flexibility index (Phi) is 6.86. The summed E-state index contributed by atoms with van der Waals surface area (Å²) in [6.07, 6.45) is 0.370. The highest BCUT2D eigenvalue weighted by Gasteiger charge is 2.16. The number of carbonyl (C=O) groups is 1. The van der Waals surface area contributed by atoms with Crippen molar-refractivity contribution in [2.75, 3.05) is 20.1 Å². The van der Waals surface area contributed by atoms with Crippen molar-refractivity contribution in [2.45, 2.75) is 31.9 Å². The molecule has 0 aliphatic heterocycles. The number of carbonyl (C=O) groups excluding carboxylic acids is 1. The molecule has 21 heavy (non-hydrogen) atoms. The largest absolute Gasteiger partial charge is 0.447 e. The van der Waals surface area contributed by atoms with Crippen LogP contribution in [0.15, 0.2) is 21.6 Å². The van der Waals surface area contributed by atoms with E-state index >= 15 is 0 Å². The second-order valence-corrected chi connectivity index (χ2v) is 6.87. The van der Waals surface area contributed by atoms with E-state index in [1.54, 1.807) is 6.07 Å². The van der Waals surface area contributed by atoms with Crippen LogP contribution in [-0.2, 0) is 21.4 Å². The quantitative estimate of drug-likeness (QED) is 0.574. The van der Waals surface area contributed by atoms with E-state index in [1.165, 1.54) is 13.1 Å². The Hall–Kier alpha value is -1.38. The lowest BCUT2D eigenvalue weighted by molar-refractivity contribution is -0.121. The average molecular weight is 317 g/mol. The zero-order valence-electron chi connectivity index (χ0n) is 12.6. The van der Waals surface area contributed by atoms with Gasteiger partial charge in [0.1, 0.15) is 5.76 Å². The molecule has 1 aromatic rings. The highest BCUT2D eigenvalue weighted by atomic mass is 32.2. The Bertz CT molecular complexity index is 552. The first kappa shape index (κ1) is 17.7. The van der Waals surface area contributed by atoms with Gasteiger partial charge in [0.25, 0.3) is 10.0 Å². The second-order valence-electron chi connectivity index (χ2n) is 5.05. The minimum Gasteiger partial charge on any atom is -0.447 e. The molecule has 1 heterocycles. The maximum Gasteiger partial charge on any atom is 0.273 e. The van der Waals surface area contributed by atoms with Crippen molar-refractivity contribution in [2.24, 2.45) is 5.92 Å². The van der Waals surface area contributed by atoms with Gasteiger partial charge in [0.05, 0.1) is 6.54 Å². The van der Waals surface area contributed by atoms with Gasteiger partial charge >= 0.3 is 0 Å². The van der Waals surface area contributed by atoms with Crippen LogP contribution < -0.4 is 15.4 Å². The first-order valence-electron chi connectivity index (χ1n) is 6.85. The molecule has 0 aliphatic carbocycles. The smallest absolute Gasteiger partial charge is 0.273 e. The number of sulfonamides is 1. The fourth-order valence-electron chi connectivity index (χ4n) is 1.52. The Morgan fingerprint density at radius 3 is 2.67 bits per heavy atom. The Balaban J connectivity index is 2.29. The molecule has 0 spiro atoms. The summed E-state index contributed by atoms with van der Waals surface area (Å²) in [6, 6.07) is 2.99. The van der Waals surface area contributed by atoms with E-state index < -0.39 is 10.0 Å². The Morgan fingerprint density at radius 1 is 1.33 bits per heavy atom. The fourth-order valence-corrected chi connectivity index (χ4v) is 2.18. The van der Waals surface area contributed by atoms with Crippen LogP contribution in [0.2, 0.25) is 0 Å². The van der Waals surface area contributed by atoms with Gasteiger partial charge in [-0.15, -0.1) is 0 Å². The number of hydrogen-bond acceptors (Lipinski definition) is 5. The molecule has 0 saturated carbocycles. The van der Waals surface area contributed by atoms with Gasteiger partial charge < -0.3 is 15.1 Å². The molecule has 8 heteroatoms. The van der Waals surface area contributed by atoms with Gasteiger partial charge in [-0.1, -0.05) is 13.8 Å². The summed E-state index contributed by atoms with van der Waals surface area (Å²) < 4.78 is 30.4. The van der Waals surface area contributed by atoms with Crippen LogP contribution in [0, 0.1) is 5.92 Å². The van der Waals surface area contributed by atoms with Gasteiger partial charge in [-0.3, -0.25) is 4.79 Å². The molecule has 0 aliphatic rings. The lowest BCUT2D eigenvalue weighted by Gasteiger charge is -2.07. The molecule has 7 nitrogen and oxygen atoms in total. The van der Waals surface area contributed by atoms with Gasteiger partial charge in [0.15, 0.2) is 0 Å². The highest BCUT2D eigenvalue weighted by Crippen LogP contribution is 2.12. The number of furan rings is 1. The third kappa shape index (κ3) is 6.28. The molecule has 120 valence electrons. The van der Waals surface area contributed by atoms with E-state index in [1.807, 2.05) is 13.8 Å². The summed E-state index contributed by atoms with van der Waals surface area (Å²) in [5.41, 5.74) is 0. The maximum absolute atomic E-state index is 11.5. The molecule has 1 aromatic heterocycles. The second kappa shape index (κ2) is 8.16. The molecular formula is C13H23N3O4S. The summed E-state index contributed by atoms with van der Waals surface area (Å²) >= 11 is 0. The molecule has 0 saturated heterocycles. The fraction of sp³-hybridized carbons (Fsp3) is 0.615. The number of nitrogens with one attached hydrogen (secondary N) is 3. The lowest BCUT2D eigenvalue weighted by atomic mass is 10.2. The van der Waals surface area contributed by atoms with Crippen molar-refractivity contribution < 1.29 is 17.6 Å². The van der Waals surface area contributed by atoms with Crippen LogP contribution >= 0.6 is 0 Å². The minimum absolute atomic E-state index is 0.00547. The molecule has 0 bridgehead atoms. The van der Waals surface area contributed by atoms with Gasteiger partial charge in [0, 0.05) is 19.5 Å². The van der Waals surface area contributed by atoms with Crippen LogP contribution in [0.4, 0.5) is 0 Å². The zero-order chi connectivity index (χ0) is 15.9. The third-order valence-corrected chi connectivity index (χ3v) is 3.99. The molecule has 0 aromatic carbocycles. The summed E-state index contributed by atoms with van der Waals surface area (Å²) in [5.74, 6) is 0.929. The van der Waals surface area contributed by atoms with Crippen molar-refractivity contribution in [3.05, 3.63) is 17.9 Å². The molecule has 3 N–H and O–H groups in total. The number of rotatable bonds is 9. The van der Waals surface area contributed by atoms with E-state index in [2.05, 4.69) is 15.4 Å². The Labute approximate surface area is 125 Å². The van der Waals surface area contributed by atoms with Crippen LogP contribution in [-0.4, -0.2) is 34.5 Å². The standard InChI is InChI=1S/C13H23N3O4S/c1-10(2)8-16-12(17)6-7-15-9-11-4-5-13(20-11)21(18,19)14-3/h4-5,10,14-15H,6-9H2,1-3H3,(H,16,17). The summed E-state index contributed by atoms with van der Waals surface area (Å²) in [6.45, 7) is 5.61. The minimum atomic E-state index is -3.55. The monoisotopic (exact) mass is 317 g/mol. The predicted octanol–water partition coefficient (Wildman–Crippen LogP) is 0.440. The van der Waals surface area contributed by atoms with E-state index in [0.717, 1.165) is 0 Å². The van der Waals surface area contributed by atoms with Gasteiger partial charge in [-0.2, -0.15) is 0 Å². The first-order valence-corrected chi connectivity index (χ1v) is 8.33. The van der Waals surface area contributed by atoms with Crippen LogP contribution in [0.5, 0.6) is 0 Å². The van der Waals surface area contributed by atoms with Gasteiger partial charge in [-0.25, -0.2) is 13.1 Å². The van der Waals surface area contributed by atoms with Crippen molar-refractivity contribution in [1.29, 1.82) is 0 Å². The first-order chi connectivity index (χ1) is 9.85. The number of hydrogen-bond donors (Lipinski definition) is 3. The Morgan fingerprint density at radius 2 is 2.05 bits per heavy atom. The number of amides is 1. The van der Waals surface area contributed by atoms with Gasteiger partial charge in [0.2, 0.25) is 11.0 Å². The summed E-state index contributed by atoms with van der Waals surface area (Å²) in [7, 11) is -2.22. The van der Waals surface area contributed by atoms with Crippen molar-refractivity contribution in [1.82, 2.24) is 15.4 Å². The predicted molar refractivity (Wildman–Crippen MR) is 79.1 cm³/mol. The molecule has 0 atom stereocenters. The van der Waals surface area contributed by atoms with Gasteiger partial charge in [-0.05, 0) is 25.1 Å². The van der Waals surface area contributed by atoms with Crippen LogP contribution in [0.3, 0.4) is 0 Å². The lowest BCUT2D eigenvalue weighted by Crippen LogP contribution is -2.30. The summed E-state index contributed by atoms with van der Waals surface area (Å²) in [5, 5.41) is 5.74. The van der Waals surface area contributed by atoms with Crippen molar-refractivity contribution in [3.8, 4) is 0 Å². The van der Waals surface area contributed by atoms with E-state index in [0.29, 0.717) is 37.7 Å². The SMILES string of the molecule is CNS(=O)(=O)c1ccc(CNCCC(=O)NCC(C)C)o1. The van der Waals surface area contributed by atoms with E-state index in [4.69, 9.17) is 4.42 Å². The molecule has 1 rings (SSSR count). The highest BCUT2D eigenvalue weighted by molar-refractivity contribution is 7.89. The van der Waals surface area contributed by atoms with E-state index in [-0.39, 0.29) is 11.0 Å². The van der Waals surface area contributed by atoms with Crippen LogP contribution in [0.1, 0.15) is 26.0 Å².